The van der Waals surface area contributed by atoms with Crippen LogP contribution < -0.4 is 0 Å². The van der Waals surface area contributed by atoms with Gasteiger partial charge >= 0.3 is 5.97 Å². The van der Waals surface area contributed by atoms with Crippen molar-refractivity contribution in [3.8, 4) is 0 Å². The summed E-state index contributed by atoms with van der Waals surface area (Å²) in [4.78, 5) is 39.0. The number of nitrogens with zero attached hydrogens (tertiary/aromatic N) is 2. The maximum Gasteiger partial charge on any atom is 0.326 e. The molecule has 0 aromatic heterocycles. The van der Waals surface area contributed by atoms with E-state index in [0.717, 1.165) is 6.42 Å². The van der Waals surface area contributed by atoms with Crippen LogP contribution in [-0.2, 0) is 4.79 Å². The Balaban J connectivity index is 2.27. The van der Waals surface area contributed by atoms with E-state index in [1.807, 2.05) is 6.92 Å². The number of carbonyl (C=O) groups excluding carboxylic acids is 2. The lowest BCUT2D eigenvalue weighted by molar-refractivity contribution is -0.144. The Labute approximate surface area is 135 Å². The van der Waals surface area contributed by atoms with Crippen LogP contribution in [0, 0.1) is 5.92 Å². The van der Waals surface area contributed by atoms with E-state index in [1.165, 1.54) is 15.9 Å². The molecule has 6 nitrogen and oxygen atoms in total. The van der Waals surface area contributed by atoms with Gasteiger partial charge in [0.15, 0.2) is 0 Å². The number of carbonyl (C=O) groups is 3. The minimum atomic E-state index is -0.981. The number of aliphatic carboxylic acids is 1. The average Bonchev–Trinajstić information content (AvgIpc) is 2.53. The highest BCUT2D eigenvalue weighted by atomic mass is 16.4. The number of hydrogen-bond acceptors (Lipinski definition) is 3. The Morgan fingerprint density at radius 3 is 2.48 bits per heavy atom. The summed E-state index contributed by atoms with van der Waals surface area (Å²) in [6.45, 7) is 2.41. The largest absolute Gasteiger partial charge is 0.480 e. The molecule has 0 spiro atoms. The van der Waals surface area contributed by atoms with Crippen molar-refractivity contribution in [1.82, 2.24) is 9.80 Å². The summed E-state index contributed by atoms with van der Waals surface area (Å²) in [6.07, 6.45) is 1.24. The van der Waals surface area contributed by atoms with Crippen LogP contribution >= 0.6 is 0 Å². The van der Waals surface area contributed by atoms with Crippen LogP contribution in [0.2, 0.25) is 0 Å². The molecule has 1 aromatic rings. The fraction of sp³-hybridized carbons (Fsp3) is 0.471. The molecule has 23 heavy (non-hydrogen) atoms. The molecular weight excluding hydrogens is 296 g/mol. The average molecular weight is 318 g/mol. The molecule has 0 bridgehead atoms. The highest BCUT2D eigenvalue weighted by Gasteiger charge is 2.35. The molecule has 2 amide bonds. The summed E-state index contributed by atoms with van der Waals surface area (Å²) in [7, 11) is 3.28. The molecule has 2 atom stereocenters. The minimum Gasteiger partial charge on any atom is -0.480 e. The SMILES string of the molecule is CC1CCN(C(=O)c2cccc(C(=O)N(C)C)c2)C(C(=O)O)C1. The Hall–Kier alpha value is -2.37. The van der Waals surface area contributed by atoms with E-state index >= 15 is 0 Å². The van der Waals surface area contributed by atoms with Crippen LogP contribution in [0.1, 0.15) is 40.5 Å². The molecule has 1 N–H and O–H groups in total. The summed E-state index contributed by atoms with van der Waals surface area (Å²) < 4.78 is 0. The van der Waals surface area contributed by atoms with Gasteiger partial charge in [0, 0.05) is 31.8 Å². The van der Waals surface area contributed by atoms with Gasteiger partial charge in [-0.1, -0.05) is 13.0 Å². The number of amides is 2. The smallest absolute Gasteiger partial charge is 0.326 e. The predicted octanol–water partition coefficient (Wildman–Crippen LogP) is 1.71. The highest BCUT2D eigenvalue weighted by molar-refractivity contribution is 6.00. The summed E-state index contributed by atoms with van der Waals surface area (Å²) in [5, 5.41) is 9.38. The fourth-order valence-corrected chi connectivity index (χ4v) is 2.83. The van der Waals surface area contributed by atoms with Crippen molar-refractivity contribution in [1.29, 1.82) is 0 Å². The van der Waals surface area contributed by atoms with Crippen molar-refractivity contribution in [3.63, 3.8) is 0 Å². The first kappa shape index (κ1) is 17.0. The quantitative estimate of drug-likeness (QED) is 0.920. The van der Waals surface area contributed by atoms with Gasteiger partial charge in [0.2, 0.25) is 0 Å². The number of benzene rings is 1. The van der Waals surface area contributed by atoms with Crippen molar-refractivity contribution in [3.05, 3.63) is 35.4 Å². The molecule has 0 saturated carbocycles. The molecule has 2 rings (SSSR count). The van der Waals surface area contributed by atoms with Gasteiger partial charge in [-0.2, -0.15) is 0 Å². The zero-order valence-electron chi connectivity index (χ0n) is 13.7. The monoisotopic (exact) mass is 318 g/mol. The second-order valence-corrected chi connectivity index (χ2v) is 6.26. The van der Waals surface area contributed by atoms with E-state index in [2.05, 4.69) is 0 Å². The van der Waals surface area contributed by atoms with E-state index in [9.17, 15) is 19.5 Å². The number of rotatable bonds is 3. The highest BCUT2D eigenvalue weighted by Crippen LogP contribution is 2.24. The van der Waals surface area contributed by atoms with Gasteiger partial charge in [0.1, 0.15) is 6.04 Å². The van der Waals surface area contributed by atoms with Gasteiger partial charge in [-0.15, -0.1) is 0 Å². The second-order valence-electron chi connectivity index (χ2n) is 6.26. The van der Waals surface area contributed by atoms with Gasteiger partial charge in [0.05, 0.1) is 0 Å². The van der Waals surface area contributed by atoms with Crippen LogP contribution in [-0.4, -0.2) is 59.4 Å². The number of carboxylic acids is 1. The molecule has 1 aromatic carbocycles. The molecule has 1 saturated heterocycles. The van der Waals surface area contributed by atoms with Crippen molar-refractivity contribution < 1.29 is 19.5 Å². The molecule has 1 aliphatic rings. The third kappa shape index (κ3) is 3.70. The fourth-order valence-electron chi connectivity index (χ4n) is 2.83. The zero-order chi connectivity index (χ0) is 17.1. The lowest BCUT2D eigenvalue weighted by Crippen LogP contribution is -2.49. The van der Waals surface area contributed by atoms with E-state index in [-0.39, 0.29) is 17.7 Å². The van der Waals surface area contributed by atoms with E-state index in [1.54, 1.807) is 32.3 Å². The van der Waals surface area contributed by atoms with E-state index in [0.29, 0.717) is 24.1 Å². The molecular formula is C17H22N2O4. The third-order valence-electron chi connectivity index (χ3n) is 4.17. The first-order valence-corrected chi connectivity index (χ1v) is 7.66. The molecule has 124 valence electrons. The van der Waals surface area contributed by atoms with Crippen molar-refractivity contribution in [2.75, 3.05) is 20.6 Å². The summed E-state index contributed by atoms with van der Waals surface area (Å²) in [5.74, 6) is -1.23. The lowest BCUT2D eigenvalue weighted by Gasteiger charge is -2.36. The second kappa shape index (κ2) is 6.81. The summed E-state index contributed by atoms with van der Waals surface area (Å²) >= 11 is 0. The topological polar surface area (TPSA) is 77.9 Å². The number of hydrogen-bond donors (Lipinski definition) is 1. The molecule has 1 heterocycles. The molecule has 1 fully saturated rings. The zero-order valence-corrected chi connectivity index (χ0v) is 13.7. The van der Waals surface area contributed by atoms with Crippen LogP contribution in [0.15, 0.2) is 24.3 Å². The van der Waals surface area contributed by atoms with Crippen LogP contribution in [0.5, 0.6) is 0 Å². The van der Waals surface area contributed by atoms with Crippen LogP contribution in [0.3, 0.4) is 0 Å². The normalized spacial score (nSPS) is 20.9. The molecule has 2 unspecified atom stereocenters. The van der Waals surface area contributed by atoms with Gasteiger partial charge < -0.3 is 14.9 Å². The van der Waals surface area contributed by atoms with Gasteiger partial charge in [-0.3, -0.25) is 9.59 Å². The third-order valence-corrected chi connectivity index (χ3v) is 4.17. The number of carboxylic acid groups (broad SMARTS) is 1. The molecule has 0 radical (unpaired) electrons. The van der Waals surface area contributed by atoms with Gasteiger partial charge in [-0.05, 0) is 37.0 Å². The Bertz CT molecular complexity index is 627. The van der Waals surface area contributed by atoms with Crippen molar-refractivity contribution >= 4 is 17.8 Å². The first-order chi connectivity index (χ1) is 10.8. The first-order valence-electron chi connectivity index (χ1n) is 7.66. The lowest BCUT2D eigenvalue weighted by atomic mass is 9.91. The Morgan fingerprint density at radius 1 is 1.22 bits per heavy atom. The maximum absolute atomic E-state index is 12.7. The van der Waals surface area contributed by atoms with Crippen LogP contribution in [0.4, 0.5) is 0 Å². The van der Waals surface area contributed by atoms with Gasteiger partial charge in [0.25, 0.3) is 11.8 Å². The predicted molar refractivity (Wildman–Crippen MR) is 85.3 cm³/mol. The summed E-state index contributed by atoms with van der Waals surface area (Å²) in [5.41, 5.74) is 0.761. The Kier molecular flexibility index (Phi) is 5.03. The minimum absolute atomic E-state index is 0.193. The molecule has 6 heteroatoms. The number of piperidine rings is 1. The van der Waals surface area contributed by atoms with Crippen LogP contribution in [0.25, 0.3) is 0 Å². The summed E-state index contributed by atoms with van der Waals surface area (Å²) in [6, 6.07) is 5.63. The van der Waals surface area contributed by atoms with Gasteiger partial charge in [-0.25, -0.2) is 4.79 Å². The van der Waals surface area contributed by atoms with E-state index in [4.69, 9.17) is 0 Å². The number of likely N-dealkylation sites (tertiary alicyclic amines) is 1. The van der Waals surface area contributed by atoms with E-state index < -0.39 is 12.0 Å². The van der Waals surface area contributed by atoms with Crippen molar-refractivity contribution in [2.24, 2.45) is 5.92 Å². The standard InChI is InChI=1S/C17H22N2O4/c1-11-7-8-19(14(9-11)17(22)23)16(21)13-6-4-5-12(10-13)15(20)18(2)3/h4-6,10-11,14H,7-9H2,1-3H3,(H,22,23). The molecule has 1 aliphatic heterocycles. The Morgan fingerprint density at radius 2 is 1.87 bits per heavy atom. The molecule has 0 aliphatic carbocycles. The van der Waals surface area contributed by atoms with Crippen molar-refractivity contribution in [2.45, 2.75) is 25.8 Å². The maximum atomic E-state index is 12.7.